The second-order valence-corrected chi connectivity index (χ2v) is 7.19. The Hall–Kier alpha value is -1.35. The van der Waals surface area contributed by atoms with Crippen LogP contribution < -0.4 is 5.73 Å². The molecule has 1 aromatic carbocycles. The molecule has 4 atom stereocenters. The number of carbonyl (C=O) groups is 1. The van der Waals surface area contributed by atoms with Gasteiger partial charge < -0.3 is 10.6 Å². The number of amides is 1. The van der Waals surface area contributed by atoms with Gasteiger partial charge in [-0.15, -0.1) is 0 Å². The fourth-order valence-corrected chi connectivity index (χ4v) is 4.18. The van der Waals surface area contributed by atoms with E-state index in [1.165, 1.54) is 12.0 Å². The Kier molecular flexibility index (Phi) is 4.82. The molecule has 3 nitrogen and oxygen atoms in total. The molecule has 1 aliphatic heterocycles. The molecule has 4 unspecified atom stereocenters. The minimum Gasteiger partial charge on any atom is -0.342 e. The van der Waals surface area contributed by atoms with Crippen LogP contribution in [0.4, 0.5) is 0 Å². The maximum Gasteiger partial charge on any atom is 0.225 e. The lowest BCUT2D eigenvalue weighted by Gasteiger charge is -2.22. The Balaban J connectivity index is 1.44. The van der Waals surface area contributed by atoms with Crippen molar-refractivity contribution in [1.82, 2.24) is 4.90 Å². The van der Waals surface area contributed by atoms with Gasteiger partial charge >= 0.3 is 0 Å². The summed E-state index contributed by atoms with van der Waals surface area (Å²) in [7, 11) is 0. The first kappa shape index (κ1) is 15.5. The van der Waals surface area contributed by atoms with Gasteiger partial charge in [0.1, 0.15) is 0 Å². The van der Waals surface area contributed by atoms with Crippen LogP contribution in [0.3, 0.4) is 0 Å². The van der Waals surface area contributed by atoms with Crippen molar-refractivity contribution in [3.8, 4) is 0 Å². The zero-order valence-electron chi connectivity index (χ0n) is 13.6. The number of hydrogen-bond acceptors (Lipinski definition) is 2. The molecule has 1 heterocycles. The summed E-state index contributed by atoms with van der Waals surface area (Å²) in [6.45, 7) is 3.93. The van der Waals surface area contributed by atoms with Crippen molar-refractivity contribution >= 4 is 5.91 Å². The van der Waals surface area contributed by atoms with Crippen molar-refractivity contribution in [3.05, 3.63) is 35.9 Å². The van der Waals surface area contributed by atoms with Crippen molar-refractivity contribution < 1.29 is 4.79 Å². The first-order valence-corrected chi connectivity index (χ1v) is 8.73. The smallest absolute Gasteiger partial charge is 0.225 e. The van der Waals surface area contributed by atoms with Crippen molar-refractivity contribution in [2.24, 2.45) is 23.5 Å². The summed E-state index contributed by atoms with van der Waals surface area (Å²) in [6.07, 6.45) is 5.47. The molecule has 120 valence electrons. The number of nitrogens with zero attached hydrogens (tertiary/aromatic N) is 1. The van der Waals surface area contributed by atoms with Crippen molar-refractivity contribution in [1.29, 1.82) is 0 Å². The predicted octanol–water partition coefficient (Wildman–Crippen LogP) is 2.84. The summed E-state index contributed by atoms with van der Waals surface area (Å²) in [5, 5.41) is 0. The van der Waals surface area contributed by atoms with Crippen LogP contribution in [-0.4, -0.2) is 29.9 Å². The van der Waals surface area contributed by atoms with E-state index in [0.29, 0.717) is 23.8 Å². The number of likely N-dealkylation sites (tertiary alicyclic amines) is 1. The lowest BCUT2D eigenvalue weighted by atomic mass is 9.98. The molecule has 3 heteroatoms. The van der Waals surface area contributed by atoms with Crippen molar-refractivity contribution in [3.63, 3.8) is 0 Å². The SMILES string of the molecule is CC(CCCc1ccccc1)C(=O)N1CC2CCC(N)C2C1. The van der Waals surface area contributed by atoms with Gasteiger partial charge in [-0.1, -0.05) is 37.3 Å². The van der Waals surface area contributed by atoms with Crippen molar-refractivity contribution in [2.75, 3.05) is 13.1 Å². The number of benzene rings is 1. The second kappa shape index (κ2) is 6.82. The molecule has 0 aromatic heterocycles. The highest BCUT2D eigenvalue weighted by molar-refractivity contribution is 5.78. The average Bonchev–Trinajstić information content (AvgIpc) is 3.10. The van der Waals surface area contributed by atoms with Gasteiger partial charge in [-0.3, -0.25) is 4.79 Å². The topological polar surface area (TPSA) is 46.3 Å². The Morgan fingerprint density at radius 1 is 1.27 bits per heavy atom. The first-order chi connectivity index (χ1) is 10.6. The molecule has 2 aliphatic rings. The van der Waals surface area contributed by atoms with E-state index in [0.717, 1.165) is 38.8 Å². The van der Waals surface area contributed by atoms with Crippen LogP contribution >= 0.6 is 0 Å². The third kappa shape index (κ3) is 3.35. The summed E-state index contributed by atoms with van der Waals surface area (Å²) < 4.78 is 0. The van der Waals surface area contributed by atoms with Crippen LogP contribution in [0, 0.1) is 17.8 Å². The van der Waals surface area contributed by atoms with Gasteiger partial charge in [0, 0.05) is 25.0 Å². The molecular formula is C19H28N2O. The van der Waals surface area contributed by atoms with E-state index in [2.05, 4.69) is 36.1 Å². The van der Waals surface area contributed by atoms with Gasteiger partial charge in [-0.05, 0) is 49.5 Å². The van der Waals surface area contributed by atoms with E-state index < -0.39 is 0 Å². The normalized spacial score (nSPS) is 28.6. The number of carbonyl (C=O) groups excluding carboxylic acids is 1. The molecule has 2 N–H and O–H groups in total. The molecule has 1 aliphatic carbocycles. The number of rotatable bonds is 5. The molecule has 0 spiro atoms. The maximum absolute atomic E-state index is 12.6. The van der Waals surface area contributed by atoms with E-state index in [4.69, 9.17) is 5.73 Å². The van der Waals surface area contributed by atoms with E-state index in [1.807, 2.05) is 6.07 Å². The van der Waals surface area contributed by atoms with Gasteiger partial charge in [-0.25, -0.2) is 0 Å². The van der Waals surface area contributed by atoms with E-state index in [1.54, 1.807) is 0 Å². The number of hydrogen-bond donors (Lipinski definition) is 1. The highest BCUT2D eigenvalue weighted by Gasteiger charge is 2.42. The summed E-state index contributed by atoms with van der Waals surface area (Å²) >= 11 is 0. The first-order valence-electron chi connectivity index (χ1n) is 8.73. The molecule has 2 fully saturated rings. The molecule has 1 saturated carbocycles. The van der Waals surface area contributed by atoms with Crippen LogP contribution in [0.2, 0.25) is 0 Å². The lowest BCUT2D eigenvalue weighted by Crippen LogP contribution is -2.36. The maximum atomic E-state index is 12.6. The Morgan fingerprint density at radius 3 is 2.77 bits per heavy atom. The third-order valence-electron chi connectivity index (χ3n) is 5.59. The monoisotopic (exact) mass is 300 g/mol. The summed E-state index contributed by atoms with van der Waals surface area (Å²) in [6, 6.07) is 10.8. The molecular weight excluding hydrogens is 272 g/mol. The summed E-state index contributed by atoms with van der Waals surface area (Å²) in [4.78, 5) is 14.7. The average molecular weight is 300 g/mol. The molecule has 0 bridgehead atoms. The quantitative estimate of drug-likeness (QED) is 0.909. The molecule has 22 heavy (non-hydrogen) atoms. The molecule has 1 aromatic rings. The van der Waals surface area contributed by atoms with Gasteiger partial charge in [0.15, 0.2) is 0 Å². The van der Waals surface area contributed by atoms with Crippen LogP contribution in [0.1, 0.15) is 38.2 Å². The van der Waals surface area contributed by atoms with E-state index in [-0.39, 0.29) is 5.92 Å². The second-order valence-electron chi connectivity index (χ2n) is 7.19. The molecule has 0 radical (unpaired) electrons. The highest BCUT2D eigenvalue weighted by Crippen LogP contribution is 2.37. The van der Waals surface area contributed by atoms with Crippen molar-refractivity contribution in [2.45, 2.75) is 45.1 Å². The molecule has 1 saturated heterocycles. The summed E-state index contributed by atoms with van der Waals surface area (Å²) in [5.41, 5.74) is 7.53. The third-order valence-corrected chi connectivity index (χ3v) is 5.59. The van der Waals surface area contributed by atoms with E-state index in [9.17, 15) is 4.79 Å². The van der Waals surface area contributed by atoms with Crippen LogP contribution in [0.5, 0.6) is 0 Å². The van der Waals surface area contributed by atoms with E-state index >= 15 is 0 Å². The Labute approximate surface area is 133 Å². The zero-order valence-corrected chi connectivity index (χ0v) is 13.6. The minimum absolute atomic E-state index is 0.138. The molecule has 3 rings (SSSR count). The van der Waals surface area contributed by atoms with Crippen LogP contribution in [0.25, 0.3) is 0 Å². The zero-order chi connectivity index (χ0) is 15.5. The predicted molar refractivity (Wildman–Crippen MR) is 89.3 cm³/mol. The fraction of sp³-hybridized carbons (Fsp3) is 0.632. The number of fused-ring (bicyclic) bond motifs is 1. The van der Waals surface area contributed by atoms with Gasteiger partial charge in [0.05, 0.1) is 0 Å². The number of aryl methyl sites for hydroxylation is 1. The lowest BCUT2D eigenvalue weighted by molar-refractivity contribution is -0.134. The fourth-order valence-electron chi connectivity index (χ4n) is 4.18. The van der Waals surface area contributed by atoms with Gasteiger partial charge in [0.25, 0.3) is 0 Å². The molecule has 1 amide bonds. The standard InChI is InChI=1S/C19H28N2O/c1-14(6-5-9-15-7-3-2-4-8-15)19(22)21-12-16-10-11-18(20)17(16)13-21/h2-4,7-8,14,16-18H,5-6,9-13,20H2,1H3. The Bertz CT molecular complexity index is 501. The summed E-state index contributed by atoms with van der Waals surface area (Å²) in [5.74, 6) is 1.70. The van der Waals surface area contributed by atoms with Crippen LogP contribution in [0.15, 0.2) is 30.3 Å². The highest BCUT2D eigenvalue weighted by atomic mass is 16.2. The minimum atomic E-state index is 0.138. The van der Waals surface area contributed by atoms with Gasteiger partial charge in [0.2, 0.25) is 5.91 Å². The van der Waals surface area contributed by atoms with Gasteiger partial charge in [-0.2, -0.15) is 0 Å². The Morgan fingerprint density at radius 2 is 2.05 bits per heavy atom. The van der Waals surface area contributed by atoms with Crippen LogP contribution in [-0.2, 0) is 11.2 Å². The largest absolute Gasteiger partial charge is 0.342 e. The number of nitrogens with two attached hydrogens (primary N) is 1.